The Labute approximate surface area is 651 Å². The second-order valence-corrected chi connectivity index (χ2v) is 28.9. The van der Waals surface area contributed by atoms with Gasteiger partial charge in [0.05, 0.1) is 40.0 Å². The van der Waals surface area contributed by atoms with E-state index in [-0.39, 0.29) is 11.6 Å². The van der Waals surface area contributed by atoms with Gasteiger partial charge in [0.2, 0.25) is 0 Å². The predicted octanol–water partition coefficient (Wildman–Crippen LogP) is 23.8. The highest BCUT2D eigenvalue weighted by Gasteiger charge is 2.26. The van der Waals surface area contributed by atoms with Gasteiger partial charge in [0.25, 0.3) is 0 Å². The molecule has 0 N–H and O–H groups in total. The van der Waals surface area contributed by atoms with Gasteiger partial charge in [-0.3, -0.25) is 49.9 Å². The number of rotatable bonds is 14. The van der Waals surface area contributed by atoms with E-state index >= 15 is 0 Å². The quantitative estimate of drug-likeness (QED) is 0.107. The fourth-order valence-electron chi connectivity index (χ4n) is 14.2. The van der Waals surface area contributed by atoms with Gasteiger partial charge in [0.15, 0.2) is 0 Å². The third-order valence-corrected chi connectivity index (χ3v) is 20.2. The zero-order valence-corrected chi connectivity index (χ0v) is 64.7. The molecule has 0 unspecified atom stereocenters. The summed E-state index contributed by atoms with van der Waals surface area (Å²) in [6, 6.07) is 74.2. The lowest BCUT2D eigenvalue weighted by Gasteiger charge is -2.08. The maximum atomic E-state index is 13.4. The summed E-state index contributed by atoms with van der Waals surface area (Å²) in [7, 11) is 0. The molecule has 0 aliphatic carbocycles. The van der Waals surface area contributed by atoms with Gasteiger partial charge >= 0.3 is 0 Å². The van der Waals surface area contributed by atoms with Gasteiger partial charge in [0.1, 0.15) is 11.6 Å². The predicted molar refractivity (Wildman–Crippen MR) is 456 cm³/mol. The number of hydrogen-bond acceptors (Lipinski definition) is 10. The summed E-state index contributed by atoms with van der Waals surface area (Å²) in [6.45, 7) is 21.3. The molecular formula is C99H90F2N10. The molecule has 5 aromatic heterocycles. The van der Waals surface area contributed by atoms with Gasteiger partial charge in [-0.1, -0.05) is 151 Å². The average Bonchev–Trinajstić information content (AvgIpc) is 1.66. The maximum Gasteiger partial charge on any atom is 0.123 e. The van der Waals surface area contributed by atoms with E-state index in [1.807, 2.05) is 85.7 Å². The molecule has 0 spiro atoms. The van der Waals surface area contributed by atoms with Crippen molar-refractivity contribution in [2.75, 3.05) is 0 Å². The first kappa shape index (κ1) is 76.4. The first-order chi connectivity index (χ1) is 53.9. The van der Waals surface area contributed by atoms with Crippen LogP contribution in [-0.2, 0) is 6.42 Å². The van der Waals surface area contributed by atoms with Crippen molar-refractivity contribution in [3.8, 4) is 0 Å². The van der Waals surface area contributed by atoms with Gasteiger partial charge < -0.3 is 0 Å². The van der Waals surface area contributed by atoms with E-state index in [4.69, 9.17) is 25.0 Å². The molecule has 12 aromatic rings. The number of benzene rings is 7. The maximum absolute atomic E-state index is 13.4. The first-order valence-corrected chi connectivity index (χ1v) is 37.8. The Kier molecular flexibility index (Phi) is 24.7. The Hall–Kier alpha value is -12.8. The van der Waals surface area contributed by atoms with Gasteiger partial charge in [-0.25, -0.2) is 8.78 Å². The average molecular weight is 1460 g/mol. The van der Waals surface area contributed by atoms with Crippen molar-refractivity contribution in [2.24, 2.45) is 30.9 Å². The summed E-state index contributed by atoms with van der Waals surface area (Å²) >= 11 is 0. The minimum absolute atomic E-state index is 0.239. The van der Waals surface area contributed by atoms with Crippen LogP contribution in [0.1, 0.15) is 167 Å². The topological polar surface area (TPSA) is 126 Å². The van der Waals surface area contributed by atoms with E-state index in [0.29, 0.717) is 5.92 Å². The lowest BCUT2D eigenvalue weighted by Crippen LogP contribution is -2.01. The normalized spacial score (nSPS) is 14.3. The van der Waals surface area contributed by atoms with Crippen LogP contribution in [0.15, 0.2) is 328 Å². The second kappa shape index (κ2) is 35.9. The Morgan fingerprint density at radius 2 is 0.523 bits per heavy atom. The van der Waals surface area contributed by atoms with Crippen molar-refractivity contribution < 1.29 is 8.78 Å². The Morgan fingerprint density at radius 1 is 0.261 bits per heavy atom. The van der Waals surface area contributed by atoms with E-state index in [2.05, 4.69) is 222 Å². The third-order valence-electron chi connectivity index (χ3n) is 20.2. The molecule has 10 nitrogen and oxygen atoms in total. The minimum Gasteiger partial charge on any atom is -0.265 e. The molecule has 0 amide bonds. The summed E-state index contributed by atoms with van der Waals surface area (Å²) in [5, 5.41) is 0. The van der Waals surface area contributed by atoms with E-state index in [0.717, 1.165) is 129 Å². The molecule has 10 heterocycles. The van der Waals surface area contributed by atoms with Gasteiger partial charge in [-0.05, 0) is 272 Å². The molecule has 0 atom stereocenters. The Morgan fingerprint density at radius 3 is 0.838 bits per heavy atom. The van der Waals surface area contributed by atoms with Crippen molar-refractivity contribution >= 4 is 67.8 Å². The lowest BCUT2D eigenvalue weighted by atomic mass is 9.94. The fraction of sp³-hybridized carbons (Fsp3) is 0.172. The van der Waals surface area contributed by atoms with Crippen molar-refractivity contribution in [2.45, 2.75) is 108 Å². The number of halogens is 2. The van der Waals surface area contributed by atoms with Crippen LogP contribution in [0.2, 0.25) is 0 Å². The molecule has 5 aliphatic rings. The summed E-state index contributed by atoms with van der Waals surface area (Å²) < 4.78 is 26.7. The van der Waals surface area contributed by atoms with E-state index in [1.165, 1.54) is 119 Å². The number of aliphatic imine (C=N–C) groups is 5. The fourth-order valence-corrected chi connectivity index (χ4v) is 14.2. The molecule has 7 aromatic carbocycles. The molecule has 0 saturated carbocycles. The van der Waals surface area contributed by atoms with Crippen LogP contribution in [0.5, 0.6) is 0 Å². The smallest absolute Gasteiger partial charge is 0.123 e. The zero-order chi connectivity index (χ0) is 77.3. The van der Waals surface area contributed by atoms with Gasteiger partial charge in [-0.2, -0.15) is 0 Å². The molecule has 17 rings (SSSR count). The number of hydrogen-bond donors (Lipinski definition) is 0. The molecule has 111 heavy (non-hydrogen) atoms. The largest absolute Gasteiger partial charge is 0.265 e. The molecule has 5 aliphatic heterocycles. The summed E-state index contributed by atoms with van der Waals surface area (Å²) in [5.74, 6) is 0.212. The minimum atomic E-state index is -0.240. The third kappa shape index (κ3) is 19.6. The molecule has 12 heteroatoms. The van der Waals surface area contributed by atoms with Crippen LogP contribution in [0.4, 0.5) is 8.78 Å². The first-order valence-electron chi connectivity index (χ1n) is 37.8. The van der Waals surface area contributed by atoms with Crippen LogP contribution < -0.4 is 0 Å². The summed E-state index contributed by atoms with van der Waals surface area (Å²) in [6.07, 6.45) is 23.5. The van der Waals surface area contributed by atoms with Crippen molar-refractivity contribution in [1.29, 1.82) is 0 Å². The van der Waals surface area contributed by atoms with Crippen molar-refractivity contribution in [3.05, 3.63) is 415 Å². The van der Waals surface area contributed by atoms with Crippen molar-refractivity contribution in [1.82, 2.24) is 24.9 Å². The molecular weight excluding hydrogens is 1370 g/mol. The highest BCUT2D eigenvalue weighted by Crippen LogP contribution is 2.40. The summed E-state index contributed by atoms with van der Waals surface area (Å²) in [4.78, 5) is 44.5. The van der Waals surface area contributed by atoms with Crippen LogP contribution in [0.3, 0.4) is 0 Å². The number of aryl methyl sites for hydroxylation is 5. The van der Waals surface area contributed by atoms with E-state index in [1.54, 1.807) is 49.1 Å². The second-order valence-electron chi connectivity index (χ2n) is 28.9. The molecule has 550 valence electrons. The van der Waals surface area contributed by atoms with Crippen molar-refractivity contribution in [3.63, 3.8) is 0 Å². The molecule has 0 radical (unpaired) electrons. The highest BCUT2D eigenvalue weighted by atomic mass is 19.1. The SMILES string of the molecule is CC1=C(c2ccncc2)CC(c2ccc(C)cc2)=N1.CC1=C(c2ccncc2)CC(c2ccc(C)cc2)=N1.CC1=C(c2ccncc2)CC(c2ccc(CC(C)C)cc2)=N1.Cc1ccc(C2=NC(c3ccc(F)cc3)=C(c3ccncc3)C2)c(C)c1.Cc1ccc(C2=NC(c3ccc(F)cc3)=C(c3ccncc3)C2)cc1. The number of allylic oxidation sites excluding steroid dienone is 8. The summed E-state index contributed by atoms with van der Waals surface area (Å²) in [5.41, 5.74) is 38.2. The number of nitrogens with zero attached hydrogens (tertiary/aromatic N) is 10. The van der Waals surface area contributed by atoms with Crippen LogP contribution in [-0.4, -0.2) is 53.5 Å². The zero-order valence-electron chi connectivity index (χ0n) is 64.7. The number of aromatic nitrogens is 5. The molecule has 0 saturated heterocycles. The van der Waals surface area contributed by atoms with Gasteiger partial charge in [-0.15, -0.1) is 0 Å². The molecule has 0 fully saturated rings. The lowest BCUT2D eigenvalue weighted by molar-refractivity contribution is 0.627. The van der Waals surface area contributed by atoms with E-state index < -0.39 is 0 Å². The van der Waals surface area contributed by atoms with Crippen LogP contribution >= 0.6 is 0 Å². The highest BCUT2D eigenvalue weighted by molar-refractivity contribution is 6.18. The van der Waals surface area contributed by atoms with Gasteiger partial charge in [0, 0.05) is 122 Å². The number of pyridine rings is 5. The van der Waals surface area contributed by atoms with E-state index in [9.17, 15) is 8.78 Å². The molecule has 0 bridgehead atoms. The Bertz CT molecular complexity index is 5480. The van der Waals surface area contributed by atoms with Crippen LogP contribution in [0.25, 0.3) is 39.3 Å². The Balaban J connectivity index is 0.000000122. The van der Waals surface area contributed by atoms with Crippen LogP contribution in [0, 0.1) is 52.2 Å². The monoisotopic (exact) mass is 1460 g/mol. The standard InChI is InChI=1S/C23H19FN2.C22H17FN2.C20H22N2.2C17H16N2/c1-15-3-8-20(16(2)13-15)22-14-21(17-9-11-25-12-10-17)23(26-22)18-4-6-19(24)7-5-18;1-15-2-4-17(5-3-15)21-14-20(16-10-12-24-13-11-16)22(25-21)18-6-8-19(23)9-7-18;1-14(2)12-16-4-6-18(7-5-16)20-13-19(15(3)22-20)17-8-10-21-11-9-17;2*1-12-3-5-15(6-4-12)17-11-16(13(2)19-17)14-7-9-18-10-8-14/h3-13H,14H2,1-2H3;2-13H,14H2,1H3;4-11,14H,12-13H2,1-3H3;2*3-10H,11H2,1-2H3.